The van der Waals surface area contributed by atoms with Crippen molar-refractivity contribution in [2.45, 2.75) is 45.8 Å². The van der Waals surface area contributed by atoms with Crippen molar-refractivity contribution in [2.24, 2.45) is 5.41 Å². The maximum absolute atomic E-state index is 15.1. The van der Waals surface area contributed by atoms with Crippen molar-refractivity contribution in [1.29, 1.82) is 0 Å². The third-order valence-electron chi connectivity index (χ3n) is 8.06. The molecule has 8 nitrogen and oxygen atoms in total. The summed E-state index contributed by atoms with van der Waals surface area (Å²) in [7, 11) is 0. The van der Waals surface area contributed by atoms with Crippen LogP contribution < -0.4 is 15.3 Å². The second-order valence-corrected chi connectivity index (χ2v) is 11.3. The van der Waals surface area contributed by atoms with Crippen molar-refractivity contribution in [3.63, 3.8) is 0 Å². The molecule has 2 atom stereocenters. The lowest BCUT2D eigenvalue weighted by atomic mass is 9.87. The molecule has 1 spiro atoms. The number of aromatic nitrogens is 2. The lowest BCUT2D eigenvalue weighted by Crippen LogP contribution is -2.58. The number of nitrogens with zero attached hydrogens (tertiary/aromatic N) is 4. The third kappa shape index (κ3) is 4.15. The standard InChI is InChI=1S/C28H29ClF2N4O4/c1-4-22(36)33-9-16(3)34(10-15(33)2)26-19-8-20(29)23(18-6-5-17(30)7-21(18)31)25-24(19)35(27(37)32-26)11-28(14-39-25)12-38-13-28/h5-8,15-16H,4,9-14H2,1-3H3/t15-,16+/m1/s1. The molecule has 6 rings (SSSR count). The Balaban J connectivity index is 1.58. The molecule has 1 aromatic heterocycles. The van der Waals surface area contributed by atoms with Gasteiger partial charge in [-0.15, -0.1) is 0 Å². The third-order valence-corrected chi connectivity index (χ3v) is 8.36. The summed E-state index contributed by atoms with van der Waals surface area (Å²) >= 11 is 6.83. The summed E-state index contributed by atoms with van der Waals surface area (Å²) < 4.78 is 42.2. The number of rotatable bonds is 3. The van der Waals surface area contributed by atoms with Crippen LogP contribution in [0.25, 0.3) is 22.0 Å². The smallest absolute Gasteiger partial charge is 0.350 e. The van der Waals surface area contributed by atoms with Gasteiger partial charge in [0.25, 0.3) is 0 Å². The molecule has 2 saturated heterocycles. The van der Waals surface area contributed by atoms with Gasteiger partial charge in [0.05, 0.1) is 29.2 Å². The van der Waals surface area contributed by atoms with E-state index in [1.165, 1.54) is 6.07 Å². The Morgan fingerprint density at radius 3 is 2.59 bits per heavy atom. The summed E-state index contributed by atoms with van der Waals surface area (Å²) in [4.78, 5) is 34.6. The highest BCUT2D eigenvalue weighted by molar-refractivity contribution is 6.35. The number of carbonyl (C=O) groups excluding carboxylic acids is 1. The fraction of sp³-hybridized carbons (Fsp3) is 0.464. The molecule has 206 valence electrons. The molecular formula is C28H29ClF2N4O4. The van der Waals surface area contributed by atoms with E-state index in [0.717, 1.165) is 12.1 Å². The number of amides is 1. The van der Waals surface area contributed by atoms with Crippen LogP contribution in [0.5, 0.6) is 5.75 Å². The Morgan fingerprint density at radius 1 is 1.15 bits per heavy atom. The van der Waals surface area contributed by atoms with Crippen molar-refractivity contribution in [3.8, 4) is 16.9 Å². The Hall–Kier alpha value is -3.24. The first-order valence-corrected chi connectivity index (χ1v) is 13.5. The first-order valence-electron chi connectivity index (χ1n) is 13.1. The van der Waals surface area contributed by atoms with E-state index >= 15 is 4.39 Å². The van der Waals surface area contributed by atoms with Gasteiger partial charge in [0, 0.05) is 60.7 Å². The van der Waals surface area contributed by atoms with Gasteiger partial charge in [-0.3, -0.25) is 9.36 Å². The minimum Gasteiger partial charge on any atom is -0.490 e. The van der Waals surface area contributed by atoms with E-state index in [1.807, 2.05) is 30.6 Å². The molecule has 11 heteroatoms. The minimum atomic E-state index is -0.788. The molecule has 3 aliphatic heterocycles. The van der Waals surface area contributed by atoms with Gasteiger partial charge in [-0.1, -0.05) is 18.5 Å². The van der Waals surface area contributed by atoms with Crippen molar-refractivity contribution >= 4 is 34.2 Å². The number of benzene rings is 2. The van der Waals surface area contributed by atoms with Crippen LogP contribution in [0, 0.1) is 17.0 Å². The van der Waals surface area contributed by atoms with Gasteiger partial charge in [0.15, 0.2) is 5.75 Å². The van der Waals surface area contributed by atoms with Gasteiger partial charge in [-0.05, 0) is 32.0 Å². The Bertz CT molecular complexity index is 1560. The number of carbonyl (C=O) groups is 1. The summed E-state index contributed by atoms with van der Waals surface area (Å²) in [6.07, 6.45) is 0.415. The van der Waals surface area contributed by atoms with Crippen molar-refractivity contribution in [2.75, 3.05) is 37.8 Å². The molecule has 0 bridgehead atoms. The van der Waals surface area contributed by atoms with Crippen LogP contribution in [0.15, 0.2) is 29.1 Å². The average molecular weight is 559 g/mol. The molecule has 2 fully saturated rings. The van der Waals surface area contributed by atoms with Gasteiger partial charge in [0.1, 0.15) is 24.1 Å². The zero-order valence-electron chi connectivity index (χ0n) is 22.0. The number of anilines is 1. The Kier molecular flexibility index (Phi) is 6.30. The molecule has 3 aromatic rings. The van der Waals surface area contributed by atoms with Crippen molar-refractivity contribution in [1.82, 2.24) is 14.5 Å². The van der Waals surface area contributed by atoms with E-state index in [-0.39, 0.29) is 46.5 Å². The van der Waals surface area contributed by atoms with Crippen LogP contribution in [0.1, 0.15) is 27.2 Å². The zero-order valence-corrected chi connectivity index (χ0v) is 22.7. The molecule has 2 aromatic carbocycles. The second-order valence-electron chi connectivity index (χ2n) is 10.9. The average Bonchev–Trinajstić information content (AvgIpc) is 3.06. The van der Waals surface area contributed by atoms with Crippen LogP contribution in [-0.2, 0) is 16.1 Å². The zero-order chi connectivity index (χ0) is 27.6. The van der Waals surface area contributed by atoms with Crippen LogP contribution >= 0.6 is 11.6 Å². The highest BCUT2D eigenvalue weighted by atomic mass is 35.5. The number of ether oxygens (including phenoxy) is 2. The molecule has 0 unspecified atom stereocenters. The maximum Gasteiger partial charge on any atom is 0.350 e. The largest absolute Gasteiger partial charge is 0.490 e. The van der Waals surface area contributed by atoms with Crippen LogP contribution in [0.2, 0.25) is 5.02 Å². The van der Waals surface area contributed by atoms with E-state index < -0.39 is 22.7 Å². The van der Waals surface area contributed by atoms with Gasteiger partial charge < -0.3 is 19.3 Å². The SMILES string of the molecule is CCC(=O)N1C[C@H](C)N(c2nc(=O)n3c4c(c(-c5ccc(F)cc5F)c(Cl)cc24)OCC2(COC2)C3)C[C@H]1C. The predicted molar refractivity (Wildman–Crippen MR) is 143 cm³/mol. The highest BCUT2D eigenvalue weighted by Gasteiger charge is 2.44. The lowest BCUT2D eigenvalue weighted by Gasteiger charge is -2.45. The van der Waals surface area contributed by atoms with E-state index in [1.54, 1.807) is 10.6 Å². The fourth-order valence-corrected chi connectivity index (χ4v) is 6.25. The number of hydrogen-bond acceptors (Lipinski definition) is 6. The van der Waals surface area contributed by atoms with Crippen LogP contribution in [0.3, 0.4) is 0 Å². The first kappa shape index (κ1) is 26.0. The molecule has 1 amide bonds. The number of piperazine rings is 1. The summed E-state index contributed by atoms with van der Waals surface area (Å²) in [5, 5.41) is 0.782. The highest BCUT2D eigenvalue weighted by Crippen LogP contribution is 2.48. The van der Waals surface area contributed by atoms with Gasteiger partial charge >= 0.3 is 5.69 Å². The summed E-state index contributed by atoms with van der Waals surface area (Å²) in [5.74, 6) is -0.728. The summed E-state index contributed by atoms with van der Waals surface area (Å²) in [5.41, 5.74) is -0.105. The number of halogens is 3. The Labute approximate surface area is 229 Å². The summed E-state index contributed by atoms with van der Waals surface area (Å²) in [6.45, 7) is 8.13. The number of hydrogen-bond donors (Lipinski definition) is 0. The predicted octanol–water partition coefficient (Wildman–Crippen LogP) is 4.24. The van der Waals surface area contributed by atoms with Crippen LogP contribution in [0.4, 0.5) is 14.6 Å². The van der Waals surface area contributed by atoms with Gasteiger partial charge in [-0.25, -0.2) is 13.6 Å². The molecule has 0 N–H and O–H groups in total. The first-order chi connectivity index (χ1) is 18.6. The fourth-order valence-electron chi connectivity index (χ4n) is 5.95. The minimum absolute atomic E-state index is 0.0742. The maximum atomic E-state index is 15.1. The molecule has 4 heterocycles. The summed E-state index contributed by atoms with van der Waals surface area (Å²) in [6, 6.07) is 4.73. The molecule has 0 saturated carbocycles. The second kappa shape index (κ2) is 9.45. The molecule has 0 radical (unpaired) electrons. The van der Waals surface area contributed by atoms with E-state index in [0.29, 0.717) is 56.0 Å². The molecular weight excluding hydrogens is 530 g/mol. The normalized spacial score (nSPS) is 22.0. The van der Waals surface area contributed by atoms with E-state index in [2.05, 4.69) is 4.98 Å². The van der Waals surface area contributed by atoms with Gasteiger partial charge in [-0.2, -0.15) is 4.98 Å². The van der Waals surface area contributed by atoms with Crippen molar-refractivity contribution < 1.29 is 23.0 Å². The van der Waals surface area contributed by atoms with E-state index in [9.17, 15) is 14.0 Å². The quantitative estimate of drug-likeness (QED) is 0.479. The topological polar surface area (TPSA) is 76.9 Å². The monoisotopic (exact) mass is 558 g/mol. The van der Waals surface area contributed by atoms with Crippen LogP contribution in [-0.4, -0.2) is 65.4 Å². The van der Waals surface area contributed by atoms with E-state index in [4.69, 9.17) is 21.1 Å². The molecule has 0 aliphatic carbocycles. The van der Waals surface area contributed by atoms with Gasteiger partial charge in [0.2, 0.25) is 5.91 Å². The lowest BCUT2D eigenvalue weighted by molar-refractivity contribution is -0.137. The molecule has 3 aliphatic rings. The van der Waals surface area contributed by atoms with Crippen molar-refractivity contribution in [3.05, 3.63) is 51.4 Å². The molecule has 39 heavy (non-hydrogen) atoms. The Morgan fingerprint density at radius 2 is 1.92 bits per heavy atom.